The lowest BCUT2D eigenvalue weighted by Gasteiger charge is -2.33. The van der Waals surface area contributed by atoms with Gasteiger partial charge < -0.3 is 21.1 Å². The van der Waals surface area contributed by atoms with Crippen molar-refractivity contribution in [1.29, 1.82) is 0 Å². The van der Waals surface area contributed by atoms with E-state index in [-0.39, 0.29) is 0 Å². The number of rotatable bonds is 6. The fraction of sp³-hybridized carbons (Fsp3) is 0.227. The molecule has 0 radical (unpaired) electrons. The first-order valence-electron chi connectivity index (χ1n) is 10.3. The van der Waals surface area contributed by atoms with Crippen LogP contribution < -0.4 is 26.8 Å². The number of nitrogens with one attached hydrogen (secondary N) is 2. The Morgan fingerprint density at radius 2 is 2.03 bits per heavy atom. The van der Waals surface area contributed by atoms with Crippen molar-refractivity contribution in [2.24, 2.45) is 10.7 Å². The van der Waals surface area contributed by atoms with Crippen LogP contribution in [0.2, 0.25) is 0 Å². The van der Waals surface area contributed by atoms with E-state index in [1.165, 1.54) is 40.6 Å². The van der Waals surface area contributed by atoms with Gasteiger partial charge in [-0.15, -0.1) is 10.2 Å². The van der Waals surface area contributed by atoms with Crippen molar-refractivity contribution >= 4 is 51.7 Å². The van der Waals surface area contributed by atoms with Crippen LogP contribution in [0.4, 0.5) is 10.8 Å². The average molecular weight is 500 g/mol. The molecule has 1 atom stereocenters. The number of ether oxygens (including phenoxy) is 1. The molecule has 1 unspecified atom stereocenters. The van der Waals surface area contributed by atoms with Crippen LogP contribution in [0.25, 0.3) is 0 Å². The van der Waals surface area contributed by atoms with Crippen molar-refractivity contribution < 1.29 is 4.74 Å². The Bertz CT molecular complexity index is 1280. The molecule has 1 aliphatic carbocycles. The van der Waals surface area contributed by atoms with Crippen molar-refractivity contribution in [2.45, 2.75) is 34.3 Å². The largest absolute Gasteiger partial charge is 0.496 e. The van der Waals surface area contributed by atoms with Gasteiger partial charge in [0.15, 0.2) is 4.34 Å². The van der Waals surface area contributed by atoms with Crippen molar-refractivity contribution in [3.8, 4) is 5.75 Å². The van der Waals surface area contributed by atoms with Gasteiger partial charge in [-0.25, -0.2) is 4.99 Å². The maximum absolute atomic E-state index is 6.69. The lowest BCUT2D eigenvalue weighted by atomic mass is 10.1. The Balaban J connectivity index is 1.39. The van der Waals surface area contributed by atoms with Gasteiger partial charge in [0.1, 0.15) is 11.6 Å². The van der Waals surface area contributed by atoms with E-state index in [1.54, 1.807) is 13.3 Å². The summed E-state index contributed by atoms with van der Waals surface area (Å²) in [5, 5.41) is 15.4. The Morgan fingerprint density at radius 1 is 1.18 bits per heavy atom. The van der Waals surface area contributed by atoms with E-state index in [0.717, 1.165) is 27.8 Å². The van der Waals surface area contributed by atoms with Gasteiger partial charge in [-0.05, 0) is 60.7 Å². The Labute approximate surface area is 204 Å². The summed E-state index contributed by atoms with van der Waals surface area (Å²) in [5.41, 5.74) is 16.8. The van der Waals surface area contributed by atoms with E-state index < -0.39 is 5.79 Å². The highest BCUT2D eigenvalue weighted by atomic mass is 35.5. The predicted octanol–water partition coefficient (Wildman–Crippen LogP) is 4.03. The van der Waals surface area contributed by atoms with Crippen LogP contribution in [0.5, 0.6) is 5.75 Å². The first-order valence-corrected chi connectivity index (χ1v) is 12.3. The smallest absolute Gasteiger partial charge is 0.213 e. The Morgan fingerprint density at radius 3 is 2.82 bits per heavy atom. The van der Waals surface area contributed by atoms with Crippen molar-refractivity contribution in [2.75, 3.05) is 18.2 Å². The van der Waals surface area contributed by atoms with Gasteiger partial charge in [-0.1, -0.05) is 40.8 Å². The summed E-state index contributed by atoms with van der Waals surface area (Å²) in [4.78, 5) is 5.39. The predicted molar refractivity (Wildman–Crippen MR) is 134 cm³/mol. The highest BCUT2D eigenvalue weighted by molar-refractivity contribution is 8.01. The molecule has 2 heterocycles. The van der Waals surface area contributed by atoms with Gasteiger partial charge in [0.25, 0.3) is 0 Å². The summed E-state index contributed by atoms with van der Waals surface area (Å²) in [6, 6.07) is 12.1. The average Bonchev–Trinajstić information content (AvgIpc) is 3.44. The first kappa shape index (κ1) is 22.0. The molecule has 11 heteroatoms. The Hall–Kier alpha value is -2.79. The topological polar surface area (TPSA) is 123 Å². The number of aromatic nitrogens is 2. The number of allylic oxidation sites excluding steroid dienone is 1. The molecule has 0 saturated carbocycles. The molecule has 1 aromatic heterocycles. The normalized spacial score (nSPS) is 19.4. The van der Waals surface area contributed by atoms with E-state index in [9.17, 15) is 0 Å². The van der Waals surface area contributed by atoms with Gasteiger partial charge in [-0.2, -0.15) is 0 Å². The highest BCUT2D eigenvalue weighted by Crippen LogP contribution is 2.37. The molecule has 6 N–H and O–H groups in total. The van der Waals surface area contributed by atoms with Crippen molar-refractivity contribution in [3.05, 3.63) is 63.9 Å². The minimum absolute atomic E-state index is 0.426. The molecular weight excluding hydrogens is 478 g/mol. The standard InChI is InChI=1S/C22H22ClN7OS2/c1-31-18-10-15(32-21-30-29-20(24)33-21)7-8-16(18)22(25)26-11-17(23)19(28-22)27-14-6-5-12-3-2-4-13(12)9-14/h5-11,27-28H,2-4,25H2,1H3,(H2,24,29). The molecule has 0 fully saturated rings. The minimum atomic E-state index is -1.26. The number of aryl methyl sites for hydroxylation is 2. The molecule has 33 heavy (non-hydrogen) atoms. The number of hydrogen-bond acceptors (Lipinski definition) is 10. The molecule has 8 nitrogen and oxygen atoms in total. The molecule has 2 aromatic carbocycles. The molecule has 170 valence electrons. The first-order chi connectivity index (χ1) is 15.9. The fourth-order valence-electron chi connectivity index (χ4n) is 3.94. The van der Waals surface area contributed by atoms with Crippen LogP contribution in [0.3, 0.4) is 0 Å². The summed E-state index contributed by atoms with van der Waals surface area (Å²) in [6.45, 7) is 0. The van der Waals surface area contributed by atoms with E-state index >= 15 is 0 Å². The van der Waals surface area contributed by atoms with Gasteiger partial charge in [0.2, 0.25) is 10.9 Å². The number of nitrogens with zero attached hydrogens (tertiary/aromatic N) is 3. The second-order valence-corrected chi connectivity index (χ2v) is 10.4. The zero-order valence-electron chi connectivity index (χ0n) is 17.8. The second-order valence-electron chi connectivity index (χ2n) is 7.70. The number of fused-ring (bicyclic) bond motifs is 1. The third-order valence-corrected chi connectivity index (χ3v) is 7.59. The fourth-order valence-corrected chi connectivity index (χ4v) is 5.72. The molecule has 1 aliphatic heterocycles. The Kier molecular flexibility index (Phi) is 5.92. The third kappa shape index (κ3) is 4.51. The number of hydrogen-bond donors (Lipinski definition) is 4. The number of aliphatic imine (C=N–C) groups is 1. The van der Waals surface area contributed by atoms with Crippen LogP contribution in [0.1, 0.15) is 23.1 Å². The summed E-state index contributed by atoms with van der Waals surface area (Å²) < 4.78 is 6.39. The van der Waals surface area contributed by atoms with Crippen molar-refractivity contribution in [3.63, 3.8) is 0 Å². The summed E-state index contributed by atoms with van der Waals surface area (Å²) >= 11 is 9.22. The molecular formula is C22H22ClN7OS2. The van der Waals surface area contributed by atoms with Crippen LogP contribution in [0.15, 0.2) is 61.5 Å². The number of nitrogen functional groups attached to an aromatic ring is 1. The van der Waals surface area contributed by atoms with E-state index in [2.05, 4.69) is 44.0 Å². The molecule has 5 rings (SSSR count). The van der Waals surface area contributed by atoms with Gasteiger partial charge in [0.05, 0.1) is 17.7 Å². The number of benzene rings is 2. The third-order valence-electron chi connectivity index (χ3n) is 5.51. The quantitative estimate of drug-likeness (QED) is 0.400. The van der Waals surface area contributed by atoms with Gasteiger partial charge >= 0.3 is 0 Å². The van der Waals surface area contributed by atoms with E-state index in [4.69, 9.17) is 27.8 Å². The van der Waals surface area contributed by atoms with E-state index in [0.29, 0.717) is 27.3 Å². The second kappa shape index (κ2) is 8.86. The van der Waals surface area contributed by atoms with E-state index in [1.807, 2.05) is 18.2 Å². The SMILES string of the molecule is COc1cc(Sc2nnc(N)s2)ccc1C1(N)N=CC(Cl)=C(Nc2ccc3c(c2)CCC3)N1. The molecule has 0 bridgehead atoms. The monoisotopic (exact) mass is 499 g/mol. The van der Waals surface area contributed by atoms with Crippen LogP contribution >= 0.6 is 34.7 Å². The summed E-state index contributed by atoms with van der Waals surface area (Å²) in [5.74, 6) is -0.101. The number of nitrogens with two attached hydrogens (primary N) is 2. The highest BCUT2D eigenvalue weighted by Gasteiger charge is 2.34. The molecule has 3 aromatic rings. The maximum Gasteiger partial charge on any atom is 0.213 e. The molecule has 0 saturated heterocycles. The summed E-state index contributed by atoms with van der Waals surface area (Å²) in [7, 11) is 1.60. The molecule has 2 aliphatic rings. The lowest BCUT2D eigenvalue weighted by Crippen LogP contribution is -2.51. The minimum Gasteiger partial charge on any atom is -0.496 e. The van der Waals surface area contributed by atoms with Crippen LogP contribution in [-0.4, -0.2) is 23.5 Å². The maximum atomic E-state index is 6.69. The van der Waals surface area contributed by atoms with Crippen LogP contribution in [-0.2, 0) is 18.6 Å². The van der Waals surface area contributed by atoms with Gasteiger partial charge in [-0.3, -0.25) is 5.73 Å². The van der Waals surface area contributed by atoms with Crippen LogP contribution in [0, 0.1) is 0 Å². The number of methoxy groups -OCH3 is 1. The number of halogens is 1. The zero-order valence-corrected chi connectivity index (χ0v) is 20.2. The molecule has 0 spiro atoms. The number of anilines is 2. The zero-order chi connectivity index (χ0) is 23.0. The van der Waals surface area contributed by atoms with Crippen molar-refractivity contribution in [1.82, 2.24) is 15.5 Å². The lowest BCUT2D eigenvalue weighted by molar-refractivity contribution is 0.354. The summed E-state index contributed by atoms with van der Waals surface area (Å²) in [6.07, 6.45) is 4.98. The molecule has 0 amide bonds. The van der Waals surface area contributed by atoms with Gasteiger partial charge in [0, 0.05) is 16.8 Å².